The van der Waals surface area contributed by atoms with Gasteiger partial charge in [0.05, 0.1) is 27.7 Å². The van der Waals surface area contributed by atoms with Crippen molar-refractivity contribution < 1.29 is 42.1 Å². The van der Waals surface area contributed by atoms with E-state index in [0.29, 0.717) is 23.9 Å². The van der Waals surface area contributed by atoms with Crippen molar-refractivity contribution in [2.45, 2.75) is 315 Å². The maximum atomic E-state index is 12.8. The number of carbonyl (C=O) groups is 2. The molecule has 0 heterocycles. The van der Waals surface area contributed by atoms with Gasteiger partial charge in [0.15, 0.2) is 6.10 Å². The predicted molar refractivity (Wildman–Crippen MR) is 317 cm³/mol. The van der Waals surface area contributed by atoms with Crippen LogP contribution in [0.15, 0.2) is 36.5 Å². The highest BCUT2D eigenvalue weighted by molar-refractivity contribution is 7.47. The van der Waals surface area contributed by atoms with Gasteiger partial charge in [-0.25, -0.2) is 4.57 Å². The van der Waals surface area contributed by atoms with Gasteiger partial charge in [0, 0.05) is 12.8 Å². The van der Waals surface area contributed by atoms with Crippen LogP contribution in [0.4, 0.5) is 0 Å². The Kier molecular flexibility index (Phi) is 54.6. The minimum absolute atomic E-state index is 0.0351. The Morgan fingerprint density at radius 3 is 1.08 bits per heavy atom. The molecule has 0 radical (unpaired) electrons. The zero-order chi connectivity index (χ0) is 54.2. The van der Waals surface area contributed by atoms with Gasteiger partial charge in [0.1, 0.15) is 19.8 Å². The van der Waals surface area contributed by atoms with Gasteiger partial charge >= 0.3 is 19.8 Å². The highest BCUT2D eigenvalue weighted by Crippen LogP contribution is 2.43. The van der Waals surface area contributed by atoms with E-state index in [1.54, 1.807) is 0 Å². The molecule has 0 saturated carbocycles. The molecule has 1 N–H and O–H groups in total. The minimum atomic E-state index is -4.38. The fourth-order valence-corrected chi connectivity index (χ4v) is 10.0. The Morgan fingerprint density at radius 2 is 0.730 bits per heavy atom. The molecule has 0 aliphatic carbocycles. The number of likely N-dealkylation sites (N-methyl/N-ethyl adjacent to an activating group) is 1. The number of allylic oxidation sites excluding steroid dienone is 6. The number of phosphoric acid groups is 1. The van der Waals surface area contributed by atoms with E-state index in [0.717, 1.165) is 44.9 Å². The average Bonchev–Trinajstić information content (AvgIpc) is 3.36. The van der Waals surface area contributed by atoms with Crippen LogP contribution in [0.1, 0.15) is 309 Å². The number of phosphoric ester groups is 1. The first-order valence-corrected chi connectivity index (χ1v) is 33.2. The Hall–Kier alpha value is -1.77. The van der Waals surface area contributed by atoms with E-state index in [9.17, 15) is 19.0 Å². The zero-order valence-corrected chi connectivity index (χ0v) is 50.5. The number of nitrogens with zero attached hydrogens (tertiary/aromatic N) is 1. The molecular weight excluding hydrogens is 942 g/mol. The van der Waals surface area contributed by atoms with Gasteiger partial charge < -0.3 is 18.9 Å². The summed E-state index contributed by atoms with van der Waals surface area (Å²) in [5.41, 5.74) is 0. The second kappa shape index (κ2) is 56.0. The molecule has 0 saturated heterocycles. The predicted octanol–water partition coefficient (Wildman–Crippen LogP) is 19.9. The molecule has 74 heavy (non-hydrogen) atoms. The van der Waals surface area contributed by atoms with Gasteiger partial charge in [-0.3, -0.25) is 18.6 Å². The van der Waals surface area contributed by atoms with E-state index >= 15 is 0 Å². The molecule has 0 aliphatic heterocycles. The monoisotopic (exact) mass is 1060 g/mol. The van der Waals surface area contributed by atoms with Crippen molar-refractivity contribution in [1.29, 1.82) is 0 Å². The summed E-state index contributed by atoms with van der Waals surface area (Å²) in [4.78, 5) is 35.6. The van der Waals surface area contributed by atoms with E-state index in [1.165, 1.54) is 231 Å². The average molecular weight is 1070 g/mol. The maximum Gasteiger partial charge on any atom is 0.472 e. The SMILES string of the molecule is CCCCCCC/C=C\C/C=C\C/C=C\CCCCCCCCCCCCCCCCCCCCCCCCCCC(=O)OC(COC(=O)CCCCCCCCCCCCC)COP(=O)(O)OCC[N+](C)(C)C. The lowest BCUT2D eigenvalue weighted by Gasteiger charge is -2.24. The topological polar surface area (TPSA) is 108 Å². The molecule has 0 aliphatic rings. The molecule has 2 atom stereocenters. The van der Waals surface area contributed by atoms with Gasteiger partial charge in [-0.2, -0.15) is 0 Å². The molecule has 10 heteroatoms. The number of unbranched alkanes of at least 4 members (excludes halogenated alkanes) is 39. The third-order valence-corrected chi connectivity index (χ3v) is 15.2. The molecular formula is C64H123NO8P+. The molecule has 0 fully saturated rings. The second-order valence-corrected chi connectivity index (χ2v) is 24.3. The summed E-state index contributed by atoms with van der Waals surface area (Å²) in [6.45, 7) is 4.45. The Labute approximate surface area is 459 Å². The first-order valence-electron chi connectivity index (χ1n) is 31.7. The Bertz CT molecular complexity index is 1340. The second-order valence-electron chi connectivity index (χ2n) is 22.8. The fourth-order valence-electron chi connectivity index (χ4n) is 9.26. The van der Waals surface area contributed by atoms with Crippen LogP contribution in [-0.2, 0) is 32.7 Å². The number of quaternary nitrogens is 1. The largest absolute Gasteiger partial charge is 0.472 e. The highest BCUT2D eigenvalue weighted by atomic mass is 31.2. The van der Waals surface area contributed by atoms with E-state index in [-0.39, 0.29) is 25.6 Å². The molecule has 0 aromatic heterocycles. The normalized spacial score (nSPS) is 13.4. The van der Waals surface area contributed by atoms with Crippen molar-refractivity contribution in [3.8, 4) is 0 Å². The van der Waals surface area contributed by atoms with Gasteiger partial charge in [0.2, 0.25) is 0 Å². The molecule has 0 amide bonds. The standard InChI is InChI=1S/C64H122NO8P/c1-6-8-10-12-14-16-18-19-20-21-22-23-24-25-26-27-28-29-30-31-32-33-34-35-36-37-38-39-40-41-42-43-44-45-47-49-51-53-55-57-64(67)73-62(61-72-74(68,69)71-59-58-65(3,4)5)60-70-63(66)56-54-52-50-48-46-17-15-13-11-9-7-2/h18-19,21-22,24-25,62H,6-17,20,23,26-61H2,1-5H3/p+1/b19-18-,22-21-,25-24-. The number of hydrogen-bond acceptors (Lipinski definition) is 7. The van der Waals surface area contributed by atoms with Crippen LogP contribution < -0.4 is 0 Å². The molecule has 436 valence electrons. The van der Waals surface area contributed by atoms with Crippen molar-refractivity contribution in [1.82, 2.24) is 0 Å². The minimum Gasteiger partial charge on any atom is -0.462 e. The first-order chi connectivity index (χ1) is 36.0. The van der Waals surface area contributed by atoms with Crippen LogP contribution >= 0.6 is 7.82 Å². The van der Waals surface area contributed by atoms with Crippen molar-refractivity contribution in [2.24, 2.45) is 0 Å². The molecule has 0 bridgehead atoms. The molecule has 0 spiro atoms. The first kappa shape index (κ1) is 72.2. The van der Waals surface area contributed by atoms with E-state index in [4.69, 9.17) is 18.5 Å². The Morgan fingerprint density at radius 1 is 0.419 bits per heavy atom. The number of rotatable bonds is 59. The lowest BCUT2D eigenvalue weighted by atomic mass is 10.0. The van der Waals surface area contributed by atoms with Crippen LogP contribution in [0.3, 0.4) is 0 Å². The maximum absolute atomic E-state index is 12.8. The summed E-state index contributed by atoms with van der Waals surface area (Å²) in [5, 5.41) is 0. The third kappa shape index (κ3) is 59.5. The van der Waals surface area contributed by atoms with Gasteiger partial charge in [-0.05, 0) is 51.4 Å². The quantitative estimate of drug-likeness (QED) is 0.0211. The zero-order valence-electron chi connectivity index (χ0n) is 49.6. The molecule has 0 aromatic carbocycles. The van der Waals surface area contributed by atoms with Gasteiger partial charge in [-0.15, -0.1) is 0 Å². The summed E-state index contributed by atoms with van der Waals surface area (Å²) in [6, 6.07) is 0. The van der Waals surface area contributed by atoms with Crippen LogP contribution in [0.5, 0.6) is 0 Å². The van der Waals surface area contributed by atoms with Crippen LogP contribution in [0.25, 0.3) is 0 Å². The third-order valence-electron chi connectivity index (χ3n) is 14.2. The smallest absolute Gasteiger partial charge is 0.462 e. The number of hydrogen-bond donors (Lipinski definition) is 1. The molecule has 9 nitrogen and oxygen atoms in total. The number of ether oxygens (including phenoxy) is 2. The van der Waals surface area contributed by atoms with E-state index in [2.05, 4.69) is 50.3 Å². The highest BCUT2D eigenvalue weighted by Gasteiger charge is 2.27. The van der Waals surface area contributed by atoms with E-state index in [1.807, 2.05) is 21.1 Å². The summed E-state index contributed by atoms with van der Waals surface area (Å²) in [7, 11) is 1.49. The summed E-state index contributed by atoms with van der Waals surface area (Å²) in [5.74, 6) is -0.783. The van der Waals surface area contributed by atoms with Crippen LogP contribution in [0, 0.1) is 0 Å². The molecule has 0 rings (SSSR count). The fraction of sp³-hybridized carbons (Fsp3) is 0.875. The van der Waals surface area contributed by atoms with Crippen molar-refractivity contribution in [3.63, 3.8) is 0 Å². The summed E-state index contributed by atoms with van der Waals surface area (Å²) >= 11 is 0. The lowest BCUT2D eigenvalue weighted by Crippen LogP contribution is -2.37. The van der Waals surface area contributed by atoms with E-state index < -0.39 is 26.5 Å². The Balaban J connectivity index is 3.84. The van der Waals surface area contributed by atoms with Crippen molar-refractivity contribution >= 4 is 19.8 Å². The lowest BCUT2D eigenvalue weighted by molar-refractivity contribution is -0.870. The van der Waals surface area contributed by atoms with Crippen LogP contribution in [-0.4, -0.2) is 74.9 Å². The summed E-state index contributed by atoms with van der Waals surface area (Å²) in [6.07, 6.45) is 69.7. The van der Waals surface area contributed by atoms with Gasteiger partial charge in [-0.1, -0.05) is 281 Å². The molecule has 0 aromatic rings. The van der Waals surface area contributed by atoms with Gasteiger partial charge in [0.25, 0.3) is 0 Å². The number of carbonyl (C=O) groups excluding carboxylic acids is 2. The van der Waals surface area contributed by atoms with Crippen molar-refractivity contribution in [3.05, 3.63) is 36.5 Å². The van der Waals surface area contributed by atoms with Crippen LogP contribution in [0.2, 0.25) is 0 Å². The molecule has 2 unspecified atom stereocenters. The summed E-state index contributed by atoms with van der Waals surface area (Å²) < 4.78 is 34.5. The van der Waals surface area contributed by atoms with Crippen molar-refractivity contribution in [2.75, 3.05) is 47.5 Å². The number of esters is 2.